The molecule has 0 spiro atoms. The fraction of sp³-hybridized carbons (Fsp3) is 0.538. The van der Waals surface area contributed by atoms with Crippen molar-refractivity contribution in [2.75, 3.05) is 6.54 Å². The first-order chi connectivity index (χ1) is 8.44. The molecule has 98 valence electrons. The highest BCUT2D eigenvalue weighted by molar-refractivity contribution is 5.74. The van der Waals surface area contributed by atoms with Crippen LogP contribution in [0.4, 0.5) is 0 Å². The van der Waals surface area contributed by atoms with Crippen LogP contribution in [-0.4, -0.2) is 31.8 Å². The number of nitrogens with two attached hydrogens (primary N) is 1. The molecule has 0 saturated heterocycles. The lowest BCUT2D eigenvalue weighted by molar-refractivity contribution is 0.0665. The molecule has 2 heterocycles. The Morgan fingerprint density at radius 2 is 2.22 bits per heavy atom. The van der Waals surface area contributed by atoms with E-state index in [4.69, 9.17) is 5.73 Å². The second-order valence-corrected chi connectivity index (χ2v) is 5.23. The number of pyridine rings is 1. The Kier molecular flexibility index (Phi) is 3.36. The van der Waals surface area contributed by atoms with Crippen molar-refractivity contribution >= 4 is 11.0 Å². The number of nitrogens with zero attached hydrogens (tertiary/aromatic N) is 3. The Balaban J connectivity index is 2.53. The third-order valence-electron chi connectivity index (χ3n) is 3.06. The van der Waals surface area contributed by atoms with Gasteiger partial charge in [-0.2, -0.15) is 0 Å². The van der Waals surface area contributed by atoms with E-state index >= 15 is 0 Å². The lowest BCUT2D eigenvalue weighted by Crippen LogP contribution is -2.37. The van der Waals surface area contributed by atoms with E-state index < -0.39 is 5.60 Å². The van der Waals surface area contributed by atoms with Gasteiger partial charge in [-0.3, -0.25) is 4.98 Å². The highest BCUT2D eigenvalue weighted by atomic mass is 16.3. The summed E-state index contributed by atoms with van der Waals surface area (Å²) < 4.78 is 2.13. The van der Waals surface area contributed by atoms with Crippen molar-refractivity contribution < 1.29 is 5.11 Å². The van der Waals surface area contributed by atoms with E-state index in [-0.39, 0.29) is 12.6 Å². The van der Waals surface area contributed by atoms with Gasteiger partial charge in [-0.15, -0.1) is 0 Å². The lowest BCUT2D eigenvalue weighted by atomic mass is 10.0. The van der Waals surface area contributed by atoms with Gasteiger partial charge in [0.05, 0.1) is 17.3 Å². The predicted octanol–water partition coefficient (Wildman–Crippen LogP) is 1.26. The summed E-state index contributed by atoms with van der Waals surface area (Å²) in [5.74, 6) is 0.850. The first-order valence-corrected chi connectivity index (χ1v) is 6.18. The number of hydrogen-bond donors (Lipinski definition) is 2. The van der Waals surface area contributed by atoms with E-state index in [1.54, 1.807) is 19.3 Å². The van der Waals surface area contributed by atoms with E-state index in [9.17, 15) is 5.11 Å². The zero-order chi connectivity index (χ0) is 13.3. The monoisotopic (exact) mass is 248 g/mol. The standard InChI is InChI=1S/C13H20N4O/c1-9(2)17-11-4-5-15-7-10(11)16-12(17)6-13(3,18)8-14/h4-5,7,9,18H,6,8,14H2,1-3H3. The average Bonchev–Trinajstić information content (AvgIpc) is 2.65. The summed E-state index contributed by atoms with van der Waals surface area (Å²) in [6.45, 7) is 6.15. The summed E-state index contributed by atoms with van der Waals surface area (Å²) in [6.07, 6.45) is 3.94. The van der Waals surface area contributed by atoms with Crippen LogP contribution in [0.25, 0.3) is 11.0 Å². The molecule has 0 amide bonds. The van der Waals surface area contributed by atoms with Crippen LogP contribution >= 0.6 is 0 Å². The molecule has 1 atom stereocenters. The van der Waals surface area contributed by atoms with Crippen LogP contribution in [0, 0.1) is 0 Å². The number of hydrogen-bond acceptors (Lipinski definition) is 4. The molecular formula is C13H20N4O. The molecule has 0 aromatic carbocycles. The topological polar surface area (TPSA) is 77.0 Å². The third kappa shape index (κ3) is 2.37. The van der Waals surface area contributed by atoms with Gasteiger partial charge in [-0.1, -0.05) is 0 Å². The normalized spacial score (nSPS) is 15.2. The van der Waals surface area contributed by atoms with Crippen LogP contribution in [0.15, 0.2) is 18.5 Å². The summed E-state index contributed by atoms with van der Waals surface area (Å²) >= 11 is 0. The zero-order valence-electron chi connectivity index (χ0n) is 11.1. The zero-order valence-corrected chi connectivity index (χ0v) is 11.1. The molecule has 2 rings (SSSR count). The van der Waals surface area contributed by atoms with Gasteiger partial charge in [0.15, 0.2) is 0 Å². The quantitative estimate of drug-likeness (QED) is 0.854. The van der Waals surface area contributed by atoms with Gasteiger partial charge in [0.2, 0.25) is 0 Å². The lowest BCUT2D eigenvalue weighted by Gasteiger charge is -2.22. The van der Waals surface area contributed by atoms with Gasteiger partial charge >= 0.3 is 0 Å². The summed E-state index contributed by atoms with van der Waals surface area (Å²) in [6, 6.07) is 2.23. The summed E-state index contributed by atoms with van der Waals surface area (Å²) in [5, 5.41) is 10.1. The SMILES string of the molecule is CC(C)n1c(CC(C)(O)CN)nc2cnccc21. The Hall–Kier alpha value is -1.46. The van der Waals surface area contributed by atoms with Gasteiger partial charge in [-0.25, -0.2) is 4.98 Å². The summed E-state index contributed by atoms with van der Waals surface area (Å²) in [4.78, 5) is 8.63. The number of imidazole rings is 1. The molecule has 0 aliphatic heterocycles. The highest BCUT2D eigenvalue weighted by Gasteiger charge is 2.23. The Bertz CT molecular complexity index is 545. The molecule has 5 nitrogen and oxygen atoms in total. The molecule has 0 aliphatic rings. The second kappa shape index (κ2) is 4.66. The molecule has 0 radical (unpaired) electrons. The first kappa shape index (κ1) is 13.0. The maximum Gasteiger partial charge on any atom is 0.113 e. The molecule has 0 fully saturated rings. The number of aromatic nitrogens is 3. The van der Waals surface area contributed by atoms with Crippen LogP contribution < -0.4 is 5.73 Å². The largest absolute Gasteiger partial charge is 0.388 e. The van der Waals surface area contributed by atoms with Crippen molar-refractivity contribution in [3.63, 3.8) is 0 Å². The Morgan fingerprint density at radius 3 is 2.83 bits per heavy atom. The minimum absolute atomic E-state index is 0.215. The van der Waals surface area contributed by atoms with Crippen LogP contribution in [0.5, 0.6) is 0 Å². The maximum atomic E-state index is 10.1. The molecule has 2 aromatic heterocycles. The van der Waals surface area contributed by atoms with Gasteiger partial charge in [0.25, 0.3) is 0 Å². The van der Waals surface area contributed by atoms with E-state index in [0.717, 1.165) is 16.9 Å². The molecule has 0 aliphatic carbocycles. The number of fused-ring (bicyclic) bond motifs is 1. The van der Waals surface area contributed by atoms with Crippen molar-refractivity contribution in [3.8, 4) is 0 Å². The smallest absolute Gasteiger partial charge is 0.113 e. The Morgan fingerprint density at radius 1 is 1.50 bits per heavy atom. The van der Waals surface area contributed by atoms with Crippen molar-refractivity contribution in [2.45, 2.75) is 38.8 Å². The highest BCUT2D eigenvalue weighted by Crippen LogP contribution is 2.22. The molecule has 1 unspecified atom stereocenters. The number of rotatable bonds is 4. The average molecular weight is 248 g/mol. The summed E-state index contributed by atoms with van der Waals surface area (Å²) in [7, 11) is 0. The van der Waals surface area contributed by atoms with Gasteiger partial charge in [-0.05, 0) is 26.8 Å². The van der Waals surface area contributed by atoms with Gasteiger partial charge < -0.3 is 15.4 Å². The fourth-order valence-electron chi connectivity index (χ4n) is 2.11. The van der Waals surface area contributed by atoms with Crippen LogP contribution in [-0.2, 0) is 6.42 Å². The second-order valence-electron chi connectivity index (χ2n) is 5.23. The predicted molar refractivity (Wildman–Crippen MR) is 71.3 cm³/mol. The Labute approximate surface area is 107 Å². The molecule has 0 saturated carbocycles. The van der Waals surface area contributed by atoms with Gasteiger partial charge in [0, 0.05) is 25.2 Å². The fourth-order valence-corrected chi connectivity index (χ4v) is 2.11. The number of aliphatic hydroxyl groups is 1. The van der Waals surface area contributed by atoms with E-state index in [1.807, 2.05) is 6.07 Å². The van der Waals surface area contributed by atoms with Crippen LogP contribution in [0.3, 0.4) is 0 Å². The van der Waals surface area contributed by atoms with Crippen molar-refractivity contribution in [1.29, 1.82) is 0 Å². The third-order valence-corrected chi connectivity index (χ3v) is 3.06. The minimum atomic E-state index is -0.929. The molecular weight excluding hydrogens is 228 g/mol. The van der Waals surface area contributed by atoms with Gasteiger partial charge in [0.1, 0.15) is 11.3 Å². The van der Waals surface area contributed by atoms with E-state index in [1.165, 1.54) is 0 Å². The van der Waals surface area contributed by atoms with E-state index in [2.05, 4.69) is 28.4 Å². The molecule has 5 heteroatoms. The van der Waals surface area contributed by atoms with Crippen molar-refractivity contribution in [3.05, 3.63) is 24.3 Å². The maximum absolute atomic E-state index is 10.1. The minimum Gasteiger partial charge on any atom is -0.388 e. The van der Waals surface area contributed by atoms with Crippen LogP contribution in [0.2, 0.25) is 0 Å². The molecule has 3 N–H and O–H groups in total. The first-order valence-electron chi connectivity index (χ1n) is 6.18. The molecule has 0 bridgehead atoms. The summed E-state index contributed by atoms with van der Waals surface area (Å²) in [5.41, 5.74) is 6.55. The van der Waals surface area contributed by atoms with Crippen LogP contribution in [0.1, 0.15) is 32.6 Å². The van der Waals surface area contributed by atoms with Crippen molar-refractivity contribution in [1.82, 2.24) is 14.5 Å². The molecule has 2 aromatic rings. The van der Waals surface area contributed by atoms with E-state index in [0.29, 0.717) is 6.42 Å². The molecule has 18 heavy (non-hydrogen) atoms. The van der Waals surface area contributed by atoms with Crippen molar-refractivity contribution in [2.24, 2.45) is 5.73 Å².